The van der Waals surface area contributed by atoms with Gasteiger partial charge in [-0.05, 0) is 24.6 Å². The molecule has 0 fully saturated rings. The molecule has 1 rings (SSSR count). The molecule has 1 aromatic carbocycles. The fourth-order valence-corrected chi connectivity index (χ4v) is 1.28. The van der Waals surface area contributed by atoms with E-state index in [4.69, 9.17) is 0 Å². The first-order valence-corrected chi connectivity index (χ1v) is 5.30. The lowest BCUT2D eigenvalue weighted by Gasteiger charge is -2.07. The summed E-state index contributed by atoms with van der Waals surface area (Å²) in [5.41, 5.74) is 1.79. The van der Waals surface area contributed by atoms with Crippen molar-refractivity contribution in [2.24, 2.45) is 0 Å². The van der Waals surface area contributed by atoms with E-state index in [1.807, 2.05) is 25.1 Å². The van der Waals surface area contributed by atoms with Gasteiger partial charge in [-0.15, -0.1) is 0 Å². The third-order valence-electron chi connectivity index (χ3n) is 2.12. The van der Waals surface area contributed by atoms with Gasteiger partial charge in [0.05, 0.1) is 13.5 Å². The van der Waals surface area contributed by atoms with E-state index in [0.29, 0.717) is 0 Å². The monoisotopic (exact) mass is 236 g/mol. The zero-order valence-electron chi connectivity index (χ0n) is 9.95. The number of carbonyl (C=O) groups is 2. The Morgan fingerprint density at radius 3 is 2.76 bits per heavy atom. The number of esters is 1. The van der Waals surface area contributed by atoms with E-state index in [1.165, 1.54) is 7.11 Å². The van der Waals surface area contributed by atoms with Crippen LogP contribution in [0.25, 0.3) is 0 Å². The summed E-state index contributed by atoms with van der Waals surface area (Å²) in [4.78, 5) is 22.2. The molecule has 92 valence electrons. The van der Waals surface area contributed by atoms with Gasteiger partial charge in [0, 0.05) is 12.2 Å². The Morgan fingerprint density at radius 2 is 2.12 bits per heavy atom. The number of methoxy groups -OCH3 is 1. The number of aryl methyl sites for hydroxylation is 1. The van der Waals surface area contributed by atoms with Gasteiger partial charge in [0.15, 0.2) is 0 Å². The molecule has 0 atom stereocenters. The lowest BCUT2D eigenvalue weighted by Crippen LogP contribution is -2.30. The van der Waals surface area contributed by atoms with Crippen LogP contribution in [0.2, 0.25) is 0 Å². The van der Waals surface area contributed by atoms with Crippen molar-refractivity contribution >= 4 is 17.7 Å². The summed E-state index contributed by atoms with van der Waals surface area (Å²) < 4.78 is 4.46. The highest BCUT2D eigenvalue weighted by atomic mass is 16.5. The minimum absolute atomic E-state index is 0.164. The molecule has 1 aromatic rings. The summed E-state index contributed by atoms with van der Waals surface area (Å²) in [6.45, 7) is 2.20. The first-order valence-electron chi connectivity index (χ1n) is 5.30. The van der Waals surface area contributed by atoms with E-state index in [2.05, 4.69) is 15.4 Å². The molecule has 0 aromatic heterocycles. The molecular formula is C12H16N2O3. The van der Waals surface area contributed by atoms with Crippen LogP contribution in [-0.4, -0.2) is 25.7 Å². The molecule has 5 nitrogen and oxygen atoms in total. The molecular weight excluding hydrogens is 220 g/mol. The summed E-state index contributed by atoms with van der Waals surface area (Å²) in [6.07, 6.45) is 0.164. The van der Waals surface area contributed by atoms with Crippen molar-refractivity contribution in [2.75, 3.05) is 19.0 Å². The van der Waals surface area contributed by atoms with E-state index in [0.717, 1.165) is 11.3 Å². The standard InChI is InChI=1S/C12H16N2O3/c1-9-4-3-5-10(8-9)14-12(16)13-7-6-11(15)17-2/h3-5,8H,6-7H2,1-2H3,(H2,13,14,16). The van der Waals surface area contributed by atoms with Crippen LogP contribution in [0.5, 0.6) is 0 Å². The summed E-state index contributed by atoms with van der Waals surface area (Å²) >= 11 is 0. The van der Waals surface area contributed by atoms with Gasteiger partial charge in [-0.3, -0.25) is 4.79 Å². The molecule has 0 saturated heterocycles. The second-order valence-electron chi connectivity index (χ2n) is 3.58. The molecule has 0 bridgehead atoms. The first kappa shape index (κ1) is 13.0. The van der Waals surface area contributed by atoms with E-state index in [9.17, 15) is 9.59 Å². The van der Waals surface area contributed by atoms with Crippen LogP contribution in [0, 0.1) is 6.92 Å². The summed E-state index contributed by atoms with van der Waals surface area (Å²) in [7, 11) is 1.31. The molecule has 2 amide bonds. The highest BCUT2D eigenvalue weighted by Gasteiger charge is 2.03. The molecule has 2 N–H and O–H groups in total. The van der Waals surface area contributed by atoms with Crippen molar-refractivity contribution < 1.29 is 14.3 Å². The Kier molecular flexibility index (Phi) is 5.00. The average molecular weight is 236 g/mol. The van der Waals surface area contributed by atoms with Gasteiger partial charge in [-0.2, -0.15) is 0 Å². The Bertz CT molecular complexity index is 404. The maximum absolute atomic E-state index is 11.4. The van der Waals surface area contributed by atoms with Gasteiger partial charge >= 0.3 is 12.0 Å². The number of urea groups is 1. The highest BCUT2D eigenvalue weighted by molar-refractivity contribution is 5.89. The molecule has 0 unspecified atom stereocenters. The third kappa shape index (κ3) is 5.01. The number of amides is 2. The quantitative estimate of drug-likeness (QED) is 0.781. The van der Waals surface area contributed by atoms with Crippen LogP contribution >= 0.6 is 0 Å². The molecule has 0 radical (unpaired) electrons. The Labute approximate surface area is 100 Å². The Hall–Kier alpha value is -2.04. The van der Waals surface area contributed by atoms with Crippen LogP contribution in [0.15, 0.2) is 24.3 Å². The van der Waals surface area contributed by atoms with Gasteiger partial charge in [-0.1, -0.05) is 12.1 Å². The third-order valence-corrected chi connectivity index (χ3v) is 2.12. The van der Waals surface area contributed by atoms with E-state index in [-0.39, 0.29) is 25.0 Å². The number of ether oxygens (including phenoxy) is 1. The Morgan fingerprint density at radius 1 is 1.35 bits per heavy atom. The summed E-state index contributed by atoms with van der Waals surface area (Å²) in [6, 6.07) is 7.13. The molecule has 17 heavy (non-hydrogen) atoms. The summed E-state index contributed by atoms with van der Waals surface area (Å²) in [5, 5.41) is 5.24. The normalized spacial score (nSPS) is 9.53. The molecule has 0 spiro atoms. The number of anilines is 1. The van der Waals surface area contributed by atoms with E-state index < -0.39 is 0 Å². The van der Waals surface area contributed by atoms with Crippen molar-refractivity contribution in [3.63, 3.8) is 0 Å². The van der Waals surface area contributed by atoms with Gasteiger partial charge in [-0.25, -0.2) is 4.79 Å². The van der Waals surface area contributed by atoms with Crippen LogP contribution in [0.1, 0.15) is 12.0 Å². The van der Waals surface area contributed by atoms with Crippen LogP contribution in [-0.2, 0) is 9.53 Å². The number of rotatable bonds is 4. The lowest BCUT2D eigenvalue weighted by atomic mass is 10.2. The fourth-order valence-electron chi connectivity index (χ4n) is 1.28. The summed E-state index contributed by atoms with van der Waals surface area (Å²) in [5.74, 6) is -0.346. The Balaban J connectivity index is 2.32. The zero-order valence-corrected chi connectivity index (χ0v) is 9.95. The predicted octanol–water partition coefficient (Wildman–Crippen LogP) is 1.68. The SMILES string of the molecule is COC(=O)CCNC(=O)Nc1cccc(C)c1. The molecule has 0 aliphatic rings. The number of hydrogen-bond acceptors (Lipinski definition) is 3. The number of benzene rings is 1. The van der Waals surface area contributed by atoms with Crippen LogP contribution in [0.3, 0.4) is 0 Å². The first-order chi connectivity index (χ1) is 8.11. The molecule has 0 heterocycles. The molecule has 0 aliphatic heterocycles. The lowest BCUT2D eigenvalue weighted by molar-refractivity contribution is -0.140. The number of nitrogens with one attached hydrogen (secondary N) is 2. The minimum Gasteiger partial charge on any atom is -0.469 e. The maximum atomic E-state index is 11.4. The zero-order chi connectivity index (χ0) is 12.7. The van der Waals surface area contributed by atoms with Gasteiger partial charge in [0.2, 0.25) is 0 Å². The van der Waals surface area contributed by atoms with Gasteiger partial charge in [0.25, 0.3) is 0 Å². The van der Waals surface area contributed by atoms with Gasteiger partial charge in [0.1, 0.15) is 0 Å². The van der Waals surface area contributed by atoms with Crippen LogP contribution < -0.4 is 10.6 Å². The second-order valence-corrected chi connectivity index (χ2v) is 3.58. The van der Waals surface area contributed by atoms with E-state index in [1.54, 1.807) is 6.07 Å². The minimum atomic E-state index is -0.346. The molecule has 5 heteroatoms. The fraction of sp³-hybridized carbons (Fsp3) is 0.333. The van der Waals surface area contributed by atoms with Crippen molar-refractivity contribution in [3.05, 3.63) is 29.8 Å². The number of carbonyl (C=O) groups excluding carboxylic acids is 2. The van der Waals surface area contributed by atoms with Crippen molar-refractivity contribution in [1.29, 1.82) is 0 Å². The second kappa shape index (κ2) is 6.52. The number of hydrogen-bond donors (Lipinski definition) is 2. The van der Waals surface area contributed by atoms with E-state index >= 15 is 0 Å². The molecule has 0 aliphatic carbocycles. The predicted molar refractivity (Wildman–Crippen MR) is 64.8 cm³/mol. The van der Waals surface area contributed by atoms with Crippen molar-refractivity contribution in [2.45, 2.75) is 13.3 Å². The maximum Gasteiger partial charge on any atom is 0.319 e. The van der Waals surface area contributed by atoms with Crippen LogP contribution in [0.4, 0.5) is 10.5 Å². The largest absolute Gasteiger partial charge is 0.469 e. The highest BCUT2D eigenvalue weighted by Crippen LogP contribution is 2.08. The van der Waals surface area contributed by atoms with Gasteiger partial charge < -0.3 is 15.4 Å². The molecule has 0 saturated carbocycles. The average Bonchev–Trinajstić information content (AvgIpc) is 2.28. The smallest absolute Gasteiger partial charge is 0.319 e. The topological polar surface area (TPSA) is 67.4 Å². The van der Waals surface area contributed by atoms with Crippen molar-refractivity contribution in [1.82, 2.24) is 5.32 Å². The van der Waals surface area contributed by atoms with Crippen molar-refractivity contribution in [3.8, 4) is 0 Å².